The van der Waals surface area contributed by atoms with Crippen molar-refractivity contribution in [2.75, 3.05) is 20.0 Å². The van der Waals surface area contributed by atoms with Crippen molar-refractivity contribution in [3.05, 3.63) is 70.8 Å². The molecule has 2 atom stereocenters. The molecule has 2 aliphatic carbocycles. The van der Waals surface area contributed by atoms with Crippen LogP contribution in [0.5, 0.6) is 0 Å². The third kappa shape index (κ3) is 6.08. The number of benzene rings is 2. The Morgan fingerprint density at radius 1 is 0.861 bits per heavy atom. The quantitative estimate of drug-likeness (QED) is 0.190. The molecule has 2 aromatic rings. The van der Waals surface area contributed by atoms with Crippen molar-refractivity contribution in [3.63, 3.8) is 0 Å². The smallest absolute Gasteiger partial charge is 0.374 e. The van der Waals surface area contributed by atoms with Crippen molar-refractivity contribution in [2.24, 2.45) is 17.8 Å². The van der Waals surface area contributed by atoms with E-state index in [0.29, 0.717) is 25.9 Å². The van der Waals surface area contributed by atoms with Gasteiger partial charge in [0.05, 0.1) is 32.0 Å². The second kappa shape index (κ2) is 11.5. The van der Waals surface area contributed by atoms with E-state index in [2.05, 4.69) is 0 Å². The van der Waals surface area contributed by atoms with Crippen LogP contribution in [0.25, 0.3) is 0 Å². The SMILES string of the molecule is O=C(c1ccc(C(F)(F)F)cc1COCCOCOCc1ccccc1)C1C(=O)C2CCC(C2)C1=O. The van der Waals surface area contributed by atoms with E-state index < -0.39 is 35.0 Å². The first kappa shape index (κ1) is 26.2. The molecule has 0 radical (unpaired) electrons. The van der Waals surface area contributed by atoms with Crippen LogP contribution < -0.4 is 0 Å². The molecule has 0 N–H and O–H groups in total. The van der Waals surface area contributed by atoms with Crippen molar-refractivity contribution in [3.8, 4) is 0 Å². The van der Waals surface area contributed by atoms with Crippen LogP contribution in [0.15, 0.2) is 48.5 Å². The van der Waals surface area contributed by atoms with E-state index in [1.54, 1.807) is 0 Å². The summed E-state index contributed by atoms with van der Waals surface area (Å²) in [6.45, 7) is 0.253. The number of rotatable bonds is 11. The van der Waals surface area contributed by atoms with Crippen LogP contribution in [-0.4, -0.2) is 37.4 Å². The number of fused-ring (bicyclic) bond motifs is 2. The van der Waals surface area contributed by atoms with Crippen LogP contribution in [0.3, 0.4) is 0 Å². The molecule has 2 aliphatic rings. The Balaban J connectivity index is 1.35. The summed E-state index contributed by atoms with van der Waals surface area (Å²) in [6, 6.07) is 12.2. The summed E-state index contributed by atoms with van der Waals surface area (Å²) in [5, 5.41) is 0. The molecule has 192 valence electrons. The third-order valence-electron chi connectivity index (χ3n) is 6.67. The van der Waals surface area contributed by atoms with Crippen molar-refractivity contribution < 1.29 is 41.8 Å². The summed E-state index contributed by atoms with van der Waals surface area (Å²) in [5.41, 5.74) is -0.0663. The molecule has 2 aromatic carbocycles. The highest BCUT2D eigenvalue weighted by atomic mass is 19.4. The lowest BCUT2D eigenvalue weighted by atomic mass is 9.75. The van der Waals surface area contributed by atoms with Gasteiger partial charge in [-0.25, -0.2) is 0 Å². The highest BCUT2D eigenvalue weighted by Gasteiger charge is 2.50. The zero-order valence-electron chi connectivity index (χ0n) is 19.6. The highest BCUT2D eigenvalue weighted by Crippen LogP contribution is 2.42. The molecule has 2 unspecified atom stereocenters. The Kier molecular flexibility index (Phi) is 8.33. The molecule has 0 heterocycles. The molecule has 9 heteroatoms. The van der Waals surface area contributed by atoms with E-state index >= 15 is 0 Å². The molecule has 0 aromatic heterocycles. The van der Waals surface area contributed by atoms with Crippen molar-refractivity contribution >= 4 is 17.3 Å². The van der Waals surface area contributed by atoms with Gasteiger partial charge in [-0.3, -0.25) is 14.4 Å². The van der Waals surface area contributed by atoms with Crippen LogP contribution in [0.1, 0.15) is 46.3 Å². The van der Waals surface area contributed by atoms with Gasteiger partial charge in [0.25, 0.3) is 0 Å². The van der Waals surface area contributed by atoms with Crippen LogP contribution in [0.2, 0.25) is 0 Å². The maximum Gasteiger partial charge on any atom is 0.416 e. The minimum absolute atomic E-state index is 0.0137. The lowest BCUT2D eigenvalue weighted by Crippen LogP contribution is -2.41. The molecule has 6 nitrogen and oxygen atoms in total. The Morgan fingerprint density at radius 3 is 2.19 bits per heavy atom. The second-order valence-corrected chi connectivity index (χ2v) is 9.09. The summed E-state index contributed by atoms with van der Waals surface area (Å²) in [4.78, 5) is 38.7. The number of alkyl halides is 3. The maximum atomic E-state index is 13.3. The monoisotopic (exact) mass is 504 g/mol. The molecule has 0 spiro atoms. The van der Waals surface area contributed by atoms with Crippen LogP contribution in [0.4, 0.5) is 13.2 Å². The number of halogens is 3. The Hall–Kier alpha value is -2.88. The molecule has 2 fully saturated rings. The number of hydrogen-bond acceptors (Lipinski definition) is 6. The molecule has 4 rings (SSSR count). The van der Waals surface area contributed by atoms with E-state index in [9.17, 15) is 27.6 Å². The Bertz CT molecular complexity index is 1080. The predicted molar refractivity (Wildman–Crippen MR) is 122 cm³/mol. The molecule has 0 aliphatic heterocycles. The summed E-state index contributed by atoms with van der Waals surface area (Å²) in [7, 11) is 0. The molecule has 2 saturated carbocycles. The van der Waals surface area contributed by atoms with Gasteiger partial charge in [-0.05, 0) is 42.5 Å². The van der Waals surface area contributed by atoms with Gasteiger partial charge in [0, 0.05) is 17.4 Å². The van der Waals surface area contributed by atoms with Gasteiger partial charge in [-0.1, -0.05) is 36.4 Å². The fourth-order valence-corrected chi connectivity index (χ4v) is 4.81. The van der Waals surface area contributed by atoms with Gasteiger partial charge in [-0.15, -0.1) is 0 Å². The average Bonchev–Trinajstić information content (AvgIpc) is 3.32. The van der Waals surface area contributed by atoms with Crippen LogP contribution in [-0.2, 0) is 43.2 Å². The summed E-state index contributed by atoms with van der Waals surface area (Å²) >= 11 is 0. The Morgan fingerprint density at radius 2 is 1.53 bits per heavy atom. The van der Waals surface area contributed by atoms with Gasteiger partial charge >= 0.3 is 6.18 Å². The normalized spacial score (nSPS) is 21.7. The number of carbonyl (C=O) groups excluding carboxylic acids is 3. The fraction of sp³-hybridized carbons (Fsp3) is 0.444. The van der Waals surface area contributed by atoms with Crippen LogP contribution in [0, 0.1) is 17.8 Å². The molecule has 36 heavy (non-hydrogen) atoms. The average molecular weight is 505 g/mol. The van der Waals surface area contributed by atoms with E-state index in [1.807, 2.05) is 30.3 Å². The fourth-order valence-electron chi connectivity index (χ4n) is 4.81. The molecule has 2 bridgehead atoms. The van der Waals surface area contributed by atoms with E-state index in [0.717, 1.165) is 23.8 Å². The first-order valence-corrected chi connectivity index (χ1v) is 11.8. The Labute approximate surface area is 206 Å². The lowest BCUT2D eigenvalue weighted by molar-refractivity contribution is -0.138. The first-order chi connectivity index (χ1) is 17.3. The minimum atomic E-state index is -4.62. The van der Waals surface area contributed by atoms with Crippen molar-refractivity contribution in [1.82, 2.24) is 0 Å². The number of Topliss-reactive ketones (excluding diaryl/α,β-unsaturated/α-hetero) is 3. The molecular weight excluding hydrogens is 477 g/mol. The van der Waals surface area contributed by atoms with Crippen LogP contribution >= 0.6 is 0 Å². The number of ketones is 3. The number of carbonyl (C=O) groups is 3. The first-order valence-electron chi connectivity index (χ1n) is 11.8. The van der Waals surface area contributed by atoms with Crippen molar-refractivity contribution in [2.45, 2.75) is 38.7 Å². The minimum Gasteiger partial charge on any atom is -0.374 e. The standard InChI is InChI=1S/C27H27F3O6/c28-27(29,30)21-8-9-22(26(33)23-24(31)18-6-7-19(12-18)25(23)32)20(13-21)15-34-10-11-35-16-36-14-17-4-2-1-3-5-17/h1-5,8-9,13,18-19,23H,6-7,10-12,14-16H2. The summed E-state index contributed by atoms with van der Waals surface area (Å²) < 4.78 is 56.1. The largest absolute Gasteiger partial charge is 0.416 e. The molecular formula is C27H27F3O6. The van der Waals surface area contributed by atoms with E-state index in [-0.39, 0.29) is 49.6 Å². The number of ether oxygens (including phenoxy) is 3. The van der Waals surface area contributed by atoms with Gasteiger partial charge in [0.2, 0.25) is 0 Å². The zero-order valence-corrected chi connectivity index (χ0v) is 19.6. The van der Waals surface area contributed by atoms with E-state index in [4.69, 9.17) is 14.2 Å². The third-order valence-corrected chi connectivity index (χ3v) is 6.67. The molecule has 0 amide bonds. The second-order valence-electron chi connectivity index (χ2n) is 9.09. The maximum absolute atomic E-state index is 13.3. The summed E-state index contributed by atoms with van der Waals surface area (Å²) in [6.07, 6.45) is -3.03. The van der Waals surface area contributed by atoms with E-state index in [1.165, 1.54) is 0 Å². The number of hydrogen-bond donors (Lipinski definition) is 0. The molecule has 0 saturated heterocycles. The van der Waals surface area contributed by atoms with Gasteiger partial charge < -0.3 is 14.2 Å². The topological polar surface area (TPSA) is 78.9 Å². The van der Waals surface area contributed by atoms with Gasteiger partial charge in [0.1, 0.15) is 12.7 Å². The highest BCUT2D eigenvalue weighted by molar-refractivity contribution is 6.26. The zero-order chi connectivity index (χ0) is 25.7. The van der Waals surface area contributed by atoms with Gasteiger partial charge in [-0.2, -0.15) is 13.2 Å². The lowest BCUT2D eigenvalue weighted by Gasteiger charge is -2.25. The van der Waals surface area contributed by atoms with Crippen molar-refractivity contribution in [1.29, 1.82) is 0 Å². The van der Waals surface area contributed by atoms with Gasteiger partial charge in [0.15, 0.2) is 17.3 Å². The predicted octanol–water partition coefficient (Wildman–Crippen LogP) is 4.78. The summed E-state index contributed by atoms with van der Waals surface area (Å²) in [5.74, 6) is -3.71.